The number of carbonyl (C=O) groups is 2. The number of imide groups is 1. The number of benzene rings is 2. The molecule has 8 heteroatoms. The number of aromatic hydroxyl groups is 1. The van der Waals surface area contributed by atoms with Crippen LogP contribution in [-0.4, -0.2) is 54.3 Å². The van der Waals surface area contributed by atoms with Gasteiger partial charge in [-0.1, -0.05) is 62.5 Å². The van der Waals surface area contributed by atoms with E-state index in [9.17, 15) is 14.7 Å². The second-order valence-electron chi connectivity index (χ2n) is 12.9. The number of halogens is 1. The normalized spacial score (nSPS) is 25.5. The summed E-state index contributed by atoms with van der Waals surface area (Å²) >= 11 is 2.13. The number of phenols is 1. The van der Waals surface area contributed by atoms with E-state index in [1.165, 1.54) is 17.6 Å². The van der Waals surface area contributed by atoms with Crippen molar-refractivity contribution in [3.8, 4) is 17.2 Å². The van der Waals surface area contributed by atoms with Gasteiger partial charge in [-0.3, -0.25) is 14.5 Å². The molecular formula is C37H44INO6. The molecule has 4 aliphatic rings. The molecule has 2 aromatic rings. The van der Waals surface area contributed by atoms with E-state index in [1.807, 2.05) is 42.5 Å². The third kappa shape index (κ3) is 6.68. The number of nitrogens with zero attached hydrogens (tertiary/aromatic N) is 1. The smallest absolute Gasteiger partial charge is 0.234 e. The summed E-state index contributed by atoms with van der Waals surface area (Å²) in [5.74, 6) is 0.711. The van der Waals surface area contributed by atoms with E-state index < -0.39 is 0 Å². The van der Waals surface area contributed by atoms with E-state index in [1.54, 1.807) is 12.0 Å². The van der Waals surface area contributed by atoms with Gasteiger partial charge in [0.2, 0.25) is 11.8 Å². The van der Waals surface area contributed by atoms with Crippen LogP contribution in [0.2, 0.25) is 0 Å². The van der Waals surface area contributed by atoms with E-state index in [0.717, 1.165) is 71.8 Å². The number of hydrogen-bond acceptors (Lipinski definition) is 6. The first-order chi connectivity index (χ1) is 21.9. The molecule has 2 saturated heterocycles. The highest BCUT2D eigenvalue weighted by molar-refractivity contribution is 14.1. The largest absolute Gasteiger partial charge is 0.504 e. The van der Waals surface area contributed by atoms with Crippen LogP contribution in [0.3, 0.4) is 0 Å². The Morgan fingerprint density at radius 3 is 2.58 bits per heavy atom. The van der Waals surface area contributed by atoms with Crippen molar-refractivity contribution in [2.24, 2.45) is 17.8 Å². The Morgan fingerprint density at radius 2 is 1.84 bits per heavy atom. The maximum atomic E-state index is 14.0. The Balaban J connectivity index is 1.26. The Labute approximate surface area is 280 Å². The highest BCUT2D eigenvalue weighted by Gasteiger charge is 2.58. The number of carbonyl (C=O) groups excluding carboxylic acids is 2. The summed E-state index contributed by atoms with van der Waals surface area (Å²) < 4.78 is 18.9. The minimum Gasteiger partial charge on any atom is -0.504 e. The molecule has 0 unspecified atom stereocenters. The zero-order valence-corrected chi connectivity index (χ0v) is 28.5. The molecule has 2 amide bonds. The topological polar surface area (TPSA) is 85.3 Å². The molecule has 0 aromatic heterocycles. The predicted octanol–water partition coefficient (Wildman–Crippen LogP) is 7.70. The molecule has 6 rings (SSSR count). The Kier molecular flexibility index (Phi) is 10.2. The highest BCUT2D eigenvalue weighted by Crippen LogP contribution is 2.51. The van der Waals surface area contributed by atoms with Gasteiger partial charge in [-0.05, 0) is 102 Å². The minimum atomic E-state index is -0.336. The summed E-state index contributed by atoms with van der Waals surface area (Å²) in [7, 11) is 1.57. The van der Waals surface area contributed by atoms with Crippen LogP contribution < -0.4 is 9.47 Å². The second kappa shape index (κ2) is 14.3. The Bertz CT molecular complexity index is 1460. The van der Waals surface area contributed by atoms with Crippen molar-refractivity contribution in [3.05, 3.63) is 68.3 Å². The molecule has 2 aromatic carbocycles. The fraction of sp³-hybridized carbons (Fsp3) is 0.514. The number of fused-ring (bicyclic) bond motifs is 3. The molecule has 0 spiro atoms. The van der Waals surface area contributed by atoms with Crippen molar-refractivity contribution < 1.29 is 28.9 Å². The average molecular weight is 726 g/mol. The molecular weight excluding hydrogens is 681 g/mol. The van der Waals surface area contributed by atoms with E-state index in [0.29, 0.717) is 25.4 Å². The van der Waals surface area contributed by atoms with Gasteiger partial charge in [0.15, 0.2) is 11.5 Å². The van der Waals surface area contributed by atoms with Gasteiger partial charge in [0.05, 0.1) is 35.2 Å². The van der Waals surface area contributed by atoms with Gasteiger partial charge in [-0.15, -0.1) is 0 Å². The van der Waals surface area contributed by atoms with Gasteiger partial charge in [0.25, 0.3) is 0 Å². The molecule has 2 aliphatic heterocycles. The van der Waals surface area contributed by atoms with Gasteiger partial charge < -0.3 is 19.3 Å². The SMILES string of the molecule is CCC/C(=C\c1cc(I)c(O)c(OC)c1)CC[C@H]1OC[C@H]2C1=C(COc1ccccc1)C[C@H]1C(=O)N(C3CCCCC3)C(=O)[C@H]12. The molecule has 1 saturated carbocycles. The third-order valence-electron chi connectivity index (χ3n) is 10.1. The minimum absolute atomic E-state index is 0.0173. The molecule has 0 bridgehead atoms. The van der Waals surface area contributed by atoms with Crippen LogP contribution in [0.1, 0.15) is 76.7 Å². The molecule has 7 nitrogen and oxygen atoms in total. The van der Waals surface area contributed by atoms with Gasteiger partial charge >= 0.3 is 0 Å². The lowest BCUT2D eigenvalue weighted by molar-refractivity contribution is -0.143. The first kappa shape index (κ1) is 32.1. The molecule has 1 N–H and O–H groups in total. The number of allylic oxidation sites excluding steroid dienone is 1. The summed E-state index contributed by atoms with van der Waals surface area (Å²) in [6.45, 7) is 3.04. The first-order valence-electron chi connectivity index (χ1n) is 16.5. The molecule has 240 valence electrons. The maximum Gasteiger partial charge on any atom is 0.234 e. The van der Waals surface area contributed by atoms with Gasteiger partial charge in [-0.2, -0.15) is 0 Å². The van der Waals surface area contributed by atoms with Crippen molar-refractivity contribution in [2.75, 3.05) is 20.3 Å². The summed E-state index contributed by atoms with van der Waals surface area (Å²) in [5, 5.41) is 10.3. The number of hydrogen-bond donors (Lipinski definition) is 1. The molecule has 2 heterocycles. The van der Waals surface area contributed by atoms with Gasteiger partial charge in [0, 0.05) is 12.0 Å². The standard InChI is InChI=1S/C37H44INO6/c1-3-10-23(17-24-18-30(38)35(40)32(19-24)43-2)15-16-31-33-25(21-44-27-13-8-5-9-14-27)20-28-34(29(33)22-45-31)37(42)39(36(28)41)26-11-6-4-7-12-26/h5,8-9,13-14,17-19,26,28-29,31,34,40H,3-4,6-7,10-12,15-16,20-22H2,1-2H3/b23-17+/t28-,29+,31-,34-/m1/s1. The molecule has 45 heavy (non-hydrogen) atoms. The van der Waals surface area contributed by atoms with Crippen LogP contribution >= 0.6 is 22.6 Å². The number of amides is 2. The van der Waals surface area contributed by atoms with Gasteiger partial charge in [0.1, 0.15) is 12.4 Å². The third-order valence-corrected chi connectivity index (χ3v) is 10.9. The van der Waals surface area contributed by atoms with E-state index in [2.05, 4.69) is 35.6 Å². The number of methoxy groups -OCH3 is 1. The zero-order valence-electron chi connectivity index (χ0n) is 26.3. The first-order valence-corrected chi connectivity index (χ1v) is 17.6. The lowest BCUT2D eigenvalue weighted by Gasteiger charge is -2.32. The molecule has 0 radical (unpaired) electrons. The average Bonchev–Trinajstić information content (AvgIpc) is 3.59. The van der Waals surface area contributed by atoms with Crippen LogP contribution in [0, 0.1) is 21.3 Å². The second-order valence-corrected chi connectivity index (χ2v) is 14.1. The van der Waals surface area contributed by atoms with Crippen molar-refractivity contribution in [1.29, 1.82) is 0 Å². The molecule has 4 atom stereocenters. The lowest BCUT2D eigenvalue weighted by atomic mass is 9.69. The van der Waals surface area contributed by atoms with E-state index in [4.69, 9.17) is 14.2 Å². The van der Waals surface area contributed by atoms with Crippen molar-refractivity contribution >= 4 is 40.5 Å². The summed E-state index contributed by atoms with van der Waals surface area (Å²) in [6, 6.07) is 13.7. The van der Waals surface area contributed by atoms with E-state index >= 15 is 0 Å². The Hall–Kier alpha value is -2.85. The fourth-order valence-electron chi connectivity index (χ4n) is 7.99. The van der Waals surface area contributed by atoms with Crippen molar-refractivity contribution in [1.82, 2.24) is 4.90 Å². The van der Waals surface area contributed by atoms with Crippen LogP contribution in [0.5, 0.6) is 17.2 Å². The number of likely N-dealkylation sites (tertiary alicyclic amines) is 1. The van der Waals surface area contributed by atoms with Crippen LogP contribution in [-0.2, 0) is 14.3 Å². The van der Waals surface area contributed by atoms with Crippen LogP contribution in [0.4, 0.5) is 0 Å². The summed E-state index contributed by atoms with van der Waals surface area (Å²) in [6.07, 6.45) is 11.4. The number of rotatable bonds is 11. The number of phenolic OH excluding ortho intramolecular Hbond substituents is 1. The predicted molar refractivity (Wildman–Crippen MR) is 182 cm³/mol. The lowest BCUT2D eigenvalue weighted by Crippen LogP contribution is -2.42. The number of ether oxygens (including phenoxy) is 3. The van der Waals surface area contributed by atoms with Crippen molar-refractivity contribution in [2.45, 2.75) is 83.3 Å². The quantitative estimate of drug-likeness (QED) is 0.145. The zero-order chi connectivity index (χ0) is 31.5. The Morgan fingerprint density at radius 1 is 1.07 bits per heavy atom. The van der Waals surface area contributed by atoms with E-state index in [-0.39, 0.29) is 47.5 Å². The van der Waals surface area contributed by atoms with Crippen LogP contribution in [0.15, 0.2) is 59.2 Å². The summed E-state index contributed by atoms with van der Waals surface area (Å²) in [5.41, 5.74) is 4.62. The van der Waals surface area contributed by atoms with Crippen molar-refractivity contribution in [3.63, 3.8) is 0 Å². The van der Waals surface area contributed by atoms with Gasteiger partial charge in [-0.25, -0.2) is 0 Å². The fourth-order valence-corrected chi connectivity index (χ4v) is 8.62. The summed E-state index contributed by atoms with van der Waals surface area (Å²) in [4.78, 5) is 29.5. The molecule has 3 fully saturated rings. The molecule has 2 aliphatic carbocycles. The maximum absolute atomic E-state index is 14.0. The monoisotopic (exact) mass is 725 g/mol. The number of para-hydroxylation sites is 1. The van der Waals surface area contributed by atoms with Crippen LogP contribution in [0.25, 0.3) is 6.08 Å². The highest BCUT2D eigenvalue weighted by atomic mass is 127.